The Labute approximate surface area is 149 Å². The molecule has 2 atom stereocenters. The first-order valence-corrected chi connectivity index (χ1v) is 11.7. The molecule has 5 nitrogen and oxygen atoms in total. The maximum Gasteiger partial charge on any atom is 0.503 e. The first-order chi connectivity index (χ1) is 11.7. The maximum atomic E-state index is 6.24. The molecule has 24 heavy (non-hydrogen) atoms. The van der Waals surface area contributed by atoms with Crippen molar-refractivity contribution in [1.29, 1.82) is 0 Å². The van der Waals surface area contributed by atoms with Gasteiger partial charge in [-0.25, -0.2) is 0 Å². The molecule has 6 heteroatoms. The number of rotatable bonds is 17. The zero-order valence-corrected chi connectivity index (χ0v) is 17.2. The van der Waals surface area contributed by atoms with Gasteiger partial charge in [-0.1, -0.05) is 40.0 Å². The molecule has 1 aliphatic rings. The monoisotopic (exact) mass is 362 g/mol. The third-order valence-electron chi connectivity index (χ3n) is 3.97. The molecule has 0 saturated carbocycles. The second-order valence-corrected chi connectivity index (χ2v) is 9.23. The molecule has 0 bridgehead atoms. The summed E-state index contributed by atoms with van der Waals surface area (Å²) in [7, 11) is -2.69. The fourth-order valence-corrected chi connectivity index (χ4v) is 5.06. The smallest absolute Gasteiger partial charge is 0.376 e. The highest BCUT2D eigenvalue weighted by Gasteiger charge is 2.43. The van der Waals surface area contributed by atoms with E-state index in [1.165, 1.54) is 0 Å². The molecule has 0 aromatic rings. The lowest BCUT2D eigenvalue weighted by atomic mass is 10.4. The molecule has 1 aliphatic heterocycles. The van der Waals surface area contributed by atoms with Crippen LogP contribution >= 0.6 is 0 Å². The average molecular weight is 363 g/mol. The van der Waals surface area contributed by atoms with Crippen molar-refractivity contribution in [3.05, 3.63) is 0 Å². The lowest BCUT2D eigenvalue weighted by Crippen LogP contribution is -2.49. The van der Waals surface area contributed by atoms with Crippen LogP contribution < -0.4 is 0 Å². The molecule has 0 N–H and O–H groups in total. The minimum Gasteiger partial charge on any atom is -0.376 e. The molecule has 0 amide bonds. The van der Waals surface area contributed by atoms with Crippen LogP contribution in [0.1, 0.15) is 66.2 Å². The molecule has 2 unspecified atom stereocenters. The highest BCUT2D eigenvalue weighted by atomic mass is 28.4. The van der Waals surface area contributed by atoms with E-state index >= 15 is 0 Å². The van der Waals surface area contributed by atoms with E-state index in [-0.39, 0.29) is 12.2 Å². The normalized spacial score (nSPS) is 18.8. The van der Waals surface area contributed by atoms with E-state index in [0.717, 1.165) is 51.2 Å². The fraction of sp³-hybridized carbons (Fsp3) is 1.00. The number of hydrogen-bond donors (Lipinski definition) is 0. The van der Waals surface area contributed by atoms with Crippen LogP contribution in [0.2, 0.25) is 6.04 Å². The standard InChI is InChI=1S/C18H38O5Si/c1-5-8-11-21-24(22-12-9-6-2,23-13-10-7-3)16-17(4)19-14-18-15-20-18/h17-18H,5-16H2,1-4H3. The Morgan fingerprint density at radius 3 is 1.75 bits per heavy atom. The zero-order valence-electron chi connectivity index (χ0n) is 16.2. The van der Waals surface area contributed by atoms with Crippen LogP contribution in [0, 0.1) is 0 Å². The van der Waals surface area contributed by atoms with Gasteiger partial charge in [0.25, 0.3) is 0 Å². The Kier molecular flexibility index (Phi) is 12.2. The Hall–Kier alpha value is 0.0169. The third kappa shape index (κ3) is 10.1. The molecule has 1 heterocycles. The third-order valence-corrected chi connectivity index (χ3v) is 6.97. The molecule has 144 valence electrons. The molecule has 0 spiro atoms. The van der Waals surface area contributed by atoms with E-state index in [4.69, 9.17) is 22.8 Å². The van der Waals surface area contributed by atoms with Crippen LogP contribution in [0.5, 0.6) is 0 Å². The van der Waals surface area contributed by atoms with E-state index in [1.807, 2.05) is 0 Å². The zero-order chi connectivity index (χ0) is 17.7. The van der Waals surface area contributed by atoms with Crippen molar-refractivity contribution in [1.82, 2.24) is 0 Å². The molecule has 0 aromatic carbocycles. The van der Waals surface area contributed by atoms with Gasteiger partial charge in [-0.05, 0) is 26.2 Å². The van der Waals surface area contributed by atoms with E-state index in [9.17, 15) is 0 Å². The van der Waals surface area contributed by atoms with Gasteiger partial charge in [-0.15, -0.1) is 0 Å². The minimum absolute atomic E-state index is 0.0609. The Balaban J connectivity index is 2.59. The van der Waals surface area contributed by atoms with Crippen LogP contribution in [0.4, 0.5) is 0 Å². The topological polar surface area (TPSA) is 49.5 Å². The van der Waals surface area contributed by atoms with E-state index < -0.39 is 8.80 Å². The first kappa shape index (κ1) is 22.1. The summed E-state index contributed by atoms with van der Waals surface area (Å²) in [6.45, 7) is 12.2. The van der Waals surface area contributed by atoms with Crippen LogP contribution in [0.3, 0.4) is 0 Å². The van der Waals surface area contributed by atoms with E-state index in [1.54, 1.807) is 0 Å². The number of hydrogen-bond acceptors (Lipinski definition) is 5. The van der Waals surface area contributed by atoms with Crippen molar-refractivity contribution in [2.75, 3.05) is 33.0 Å². The van der Waals surface area contributed by atoms with Gasteiger partial charge in [0.05, 0.1) is 19.3 Å². The summed E-state index contributed by atoms with van der Waals surface area (Å²) in [6, 6.07) is 0.719. The van der Waals surface area contributed by atoms with E-state index in [0.29, 0.717) is 26.4 Å². The van der Waals surface area contributed by atoms with Gasteiger partial charge >= 0.3 is 8.80 Å². The summed E-state index contributed by atoms with van der Waals surface area (Å²) in [5.41, 5.74) is 0. The number of epoxide rings is 1. The quantitative estimate of drug-likeness (QED) is 0.221. The van der Waals surface area contributed by atoms with Gasteiger partial charge in [0.2, 0.25) is 0 Å². The highest BCUT2D eigenvalue weighted by Crippen LogP contribution is 2.22. The van der Waals surface area contributed by atoms with Gasteiger partial charge in [0, 0.05) is 25.9 Å². The summed E-state index contributed by atoms with van der Waals surface area (Å²) < 4.78 is 29.8. The maximum absolute atomic E-state index is 6.24. The summed E-state index contributed by atoms with van der Waals surface area (Å²) in [6.07, 6.45) is 6.78. The Morgan fingerprint density at radius 1 is 0.917 bits per heavy atom. The second kappa shape index (κ2) is 13.3. The second-order valence-electron chi connectivity index (χ2n) is 6.59. The molecule has 0 aliphatic carbocycles. The van der Waals surface area contributed by atoms with Crippen molar-refractivity contribution in [2.45, 2.75) is 84.5 Å². The van der Waals surface area contributed by atoms with Crippen molar-refractivity contribution in [2.24, 2.45) is 0 Å². The molecule has 0 aromatic heterocycles. The lowest BCUT2D eigenvalue weighted by molar-refractivity contribution is 0.0213. The van der Waals surface area contributed by atoms with Crippen LogP contribution in [0.15, 0.2) is 0 Å². The molecule has 0 radical (unpaired) electrons. The van der Waals surface area contributed by atoms with Crippen molar-refractivity contribution >= 4 is 8.80 Å². The summed E-state index contributed by atoms with van der Waals surface area (Å²) in [4.78, 5) is 0. The largest absolute Gasteiger partial charge is 0.503 e. The Morgan fingerprint density at radius 2 is 1.38 bits per heavy atom. The van der Waals surface area contributed by atoms with Crippen molar-refractivity contribution in [3.8, 4) is 0 Å². The van der Waals surface area contributed by atoms with Crippen molar-refractivity contribution < 1.29 is 22.8 Å². The number of unbranched alkanes of at least 4 members (excludes halogenated alkanes) is 3. The molecule has 1 rings (SSSR count). The van der Waals surface area contributed by atoms with E-state index in [2.05, 4.69) is 27.7 Å². The van der Waals surface area contributed by atoms with Crippen molar-refractivity contribution in [3.63, 3.8) is 0 Å². The van der Waals surface area contributed by atoms with Gasteiger partial charge in [0.1, 0.15) is 6.10 Å². The van der Waals surface area contributed by atoms with Gasteiger partial charge in [-0.2, -0.15) is 0 Å². The first-order valence-electron chi connectivity index (χ1n) is 9.80. The van der Waals surface area contributed by atoms with Crippen LogP contribution in [-0.4, -0.2) is 54.0 Å². The van der Waals surface area contributed by atoms with Gasteiger partial charge in [0.15, 0.2) is 0 Å². The summed E-state index contributed by atoms with van der Waals surface area (Å²) >= 11 is 0. The summed E-state index contributed by atoms with van der Waals surface area (Å²) in [5, 5.41) is 0. The fourth-order valence-electron chi connectivity index (χ4n) is 2.26. The molecule has 1 fully saturated rings. The molecular formula is C18H38O5Si. The predicted octanol–water partition coefficient (Wildman–Crippen LogP) is 4.18. The molecule has 1 saturated heterocycles. The summed E-state index contributed by atoms with van der Waals surface area (Å²) in [5.74, 6) is 0. The van der Waals surface area contributed by atoms with Crippen LogP contribution in [0.25, 0.3) is 0 Å². The molecular weight excluding hydrogens is 324 g/mol. The van der Waals surface area contributed by atoms with Gasteiger partial charge < -0.3 is 22.8 Å². The average Bonchev–Trinajstić information content (AvgIpc) is 3.38. The van der Waals surface area contributed by atoms with Crippen LogP contribution in [-0.2, 0) is 22.8 Å². The highest BCUT2D eigenvalue weighted by molar-refractivity contribution is 6.60. The Bertz CT molecular complexity index is 273. The van der Waals surface area contributed by atoms with Gasteiger partial charge in [-0.3, -0.25) is 0 Å². The number of ether oxygens (including phenoxy) is 2. The predicted molar refractivity (Wildman–Crippen MR) is 98.3 cm³/mol. The SMILES string of the molecule is CCCCO[Si](CC(C)OCC1CO1)(OCCCC)OCCCC. The lowest BCUT2D eigenvalue weighted by Gasteiger charge is -2.32. The minimum atomic E-state index is -2.69.